The van der Waals surface area contributed by atoms with E-state index in [0.29, 0.717) is 31.1 Å². The Labute approximate surface area is 105 Å². The van der Waals surface area contributed by atoms with Crippen LogP contribution < -0.4 is 0 Å². The molecule has 1 aliphatic heterocycles. The van der Waals surface area contributed by atoms with Gasteiger partial charge in [0.2, 0.25) is 0 Å². The Morgan fingerprint density at radius 1 is 1.59 bits per heavy atom. The average Bonchev–Trinajstić information content (AvgIpc) is 2.30. The molecule has 0 aromatic rings. The summed E-state index contributed by atoms with van der Waals surface area (Å²) in [6.45, 7) is 8.26. The van der Waals surface area contributed by atoms with Gasteiger partial charge in [-0.3, -0.25) is 9.69 Å². The fraction of sp³-hybridized carbons (Fsp3) is 0.857. The number of nitrogens with zero attached hydrogens (tertiary/aromatic N) is 2. The van der Waals surface area contributed by atoms with Crippen molar-refractivity contribution in [1.29, 1.82) is 5.26 Å². The summed E-state index contributed by atoms with van der Waals surface area (Å²) in [7, 11) is 0. The van der Waals surface area contributed by atoms with Gasteiger partial charge in [-0.25, -0.2) is 0 Å². The average molecular weight is 236 g/mol. The first-order valence-corrected chi connectivity index (χ1v) is 6.68. The van der Waals surface area contributed by atoms with Crippen LogP contribution in [-0.4, -0.2) is 29.8 Å². The number of hydrogen-bond donors (Lipinski definition) is 0. The Morgan fingerprint density at radius 3 is 2.88 bits per heavy atom. The van der Waals surface area contributed by atoms with Crippen LogP contribution in [0.25, 0.3) is 0 Å². The third-order valence-electron chi connectivity index (χ3n) is 3.92. The minimum atomic E-state index is -0.296. The molecule has 0 saturated carbocycles. The molecule has 1 fully saturated rings. The highest BCUT2D eigenvalue weighted by molar-refractivity contribution is 5.86. The lowest BCUT2D eigenvalue weighted by atomic mass is 9.75. The standard InChI is InChI=1S/C14H24N2O/c1-4-5-9-16-11-14(3,7-6-8-15)13(17)10-12(16)2/h12H,4-7,9-11H2,1-3H3. The molecule has 1 rings (SSSR count). The van der Waals surface area contributed by atoms with Gasteiger partial charge in [-0.15, -0.1) is 0 Å². The number of carbonyl (C=O) groups excluding carboxylic acids is 1. The van der Waals surface area contributed by atoms with E-state index < -0.39 is 0 Å². The third kappa shape index (κ3) is 3.54. The van der Waals surface area contributed by atoms with E-state index in [4.69, 9.17) is 5.26 Å². The van der Waals surface area contributed by atoms with E-state index in [1.54, 1.807) is 0 Å². The summed E-state index contributed by atoms with van der Waals surface area (Å²) in [5, 5.41) is 8.68. The molecule has 1 heterocycles. The van der Waals surface area contributed by atoms with Crippen molar-refractivity contribution in [1.82, 2.24) is 4.90 Å². The van der Waals surface area contributed by atoms with Gasteiger partial charge in [0.1, 0.15) is 5.78 Å². The second-order valence-corrected chi connectivity index (χ2v) is 5.52. The molecule has 1 aliphatic rings. The van der Waals surface area contributed by atoms with Gasteiger partial charge in [0, 0.05) is 30.8 Å². The molecule has 0 spiro atoms. The second kappa shape index (κ2) is 6.16. The fourth-order valence-corrected chi connectivity index (χ4v) is 2.55. The minimum Gasteiger partial charge on any atom is -0.299 e. The number of unbranched alkanes of at least 4 members (excludes halogenated alkanes) is 1. The molecular formula is C14H24N2O. The number of nitriles is 1. The molecule has 0 aromatic carbocycles. The van der Waals surface area contributed by atoms with E-state index in [2.05, 4.69) is 24.8 Å². The van der Waals surface area contributed by atoms with Gasteiger partial charge in [-0.1, -0.05) is 20.3 Å². The molecule has 0 aromatic heterocycles. The molecule has 0 bridgehead atoms. The highest BCUT2D eigenvalue weighted by Gasteiger charge is 2.40. The van der Waals surface area contributed by atoms with Crippen molar-refractivity contribution in [2.75, 3.05) is 13.1 Å². The van der Waals surface area contributed by atoms with Crippen LogP contribution in [0.1, 0.15) is 52.9 Å². The van der Waals surface area contributed by atoms with E-state index in [0.717, 1.165) is 13.1 Å². The first kappa shape index (κ1) is 14.2. The highest BCUT2D eigenvalue weighted by atomic mass is 16.1. The zero-order chi connectivity index (χ0) is 12.9. The van der Waals surface area contributed by atoms with Crippen molar-refractivity contribution in [3.63, 3.8) is 0 Å². The van der Waals surface area contributed by atoms with Crippen LogP contribution in [0.3, 0.4) is 0 Å². The Kier molecular flexibility index (Phi) is 5.14. The minimum absolute atomic E-state index is 0.296. The Hall–Kier alpha value is -0.880. The predicted molar refractivity (Wildman–Crippen MR) is 68.5 cm³/mol. The number of Topliss-reactive ketones (excluding diaryl/α,β-unsaturated/α-hetero) is 1. The van der Waals surface area contributed by atoms with Crippen molar-refractivity contribution < 1.29 is 4.79 Å². The lowest BCUT2D eigenvalue weighted by molar-refractivity contribution is -0.135. The molecule has 96 valence electrons. The largest absolute Gasteiger partial charge is 0.299 e. The summed E-state index contributed by atoms with van der Waals surface area (Å²) >= 11 is 0. The molecule has 2 atom stereocenters. The molecule has 1 saturated heterocycles. The van der Waals surface area contributed by atoms with Crippen molar-refractivity contribution in [3.8, 4) is 6.07 Å². The number of hydrogen-bond acceptors (Lipinski definition) is 3. The zero-order valence-electron chi connectivity index (χ0n) is 11.3. The maximum absolute atomic E-state index is 12.1. The molecule has 17 heavy (non-hydrogen) atoms. The smallest absolute Gasteiger partial charge is 0.141 e. The van der Waals surface area contributed by atoms with Crippen molar-refractivity contribution in [3.05, 3.63) is 0 Å². The molecule has 0 amide bonds. The Morgan fingerprint density at radius 2 is 2.29 bits per heavy atom. The first-order chi connectivity index (χ1) is 8.03. The summed E-state index contributed by atoms with van der Waals surface area (Å²) < 4.78 is 0. The van der Waals surface area contributed by atoms with Gasteiger partial charge in [0.25, 0.3) is 0 Å². The highest BCUT2D eigenvalue weighted by Crippen LogP contribution is 2.33. The molecule has 0 aliphatic carbocycles. The van der Waals surface area contributed by atoms with Crippen molar-refractivity contribution >= 4 is 5.78 Å². The number of carbonyl (C=O) groups is 1. The fourth-order valence-electron chi connectivity index (χ4n) is 2.55. The van der Waals surface area contributed by atoms with E-state index in [-0.39, 0.29) is 5.41 Å². The molecule has 0 N–H and O–H groups in total. The number of piperidine rings is 1. The van der Waals surface area contributed by atoms with E-state index >= 15 is 0 Å². The predicted octanol–water partition coefficient (Wildman–Crippen LogP) is 2.76. The van der Waals surface area contributed by atoms with E-state index in [1.165, 1.54) is 12.8 Å². The SMILES string of the molecule is CCCCN1CC(C)(CCC#N)C(=O)CC1C. The van der Waals surface area contributed by atoms with Crippen LogP contribution in [0.4, 0.5) is 0 Å². The lowest BCUT2D eigenvalue weighted by Gasteiger charge is -2.43. The summed E-state index contributed by atoms with van der Waals surface area (Å²) in [6.07, 6.45) is 4.21. The van der Waals surface area contributed by atoms with Gasteiger partial charge < -0.3 is 0 Å². The van der Waals surface area contributed by atoms with Crippen molar-refractivity contribution in [2.45, 2.75) is 58.9 Å². The van der Waals surface area contributed by atoms with E-state index in [1.807, 2.05) is 6.92 Å². The van der Waals surface area contributed by atoms with Crippen molar-refractivity contribution in [2.24, 2.45) is 5.41 Å². The van der Waals surface area contributed by atoms with E-state index in [9.17, 15) is 4.79 Å². The van der Waals surface area contributed by atoms with Gasteiger partial charge in [-0.2, -0.15) is 5.26 Å². The monoisotopic (exact) mass is 236 g/mol. The van der Waals surface area contributed by atoms with Crippen LogP contribution >= 0.6 is 0 Å². The van der Waals surface area contributed by atoms with Gasteiger partial charge >= 0.3 is 0 Å². The third-order valence-corrected chi connectivity index (χ3v) is 3.92. The van der Waals surface area contributed by atoms with Gasteiger partial charge in [-0.05, 0) is 26.3 Å². The zero-order valence-corrected chi connectivity index (χ0v) is 11.3. The summed E-state index contributed by atoms with van der Waals surface area (Å²) in [5.74, 6) is 0.341. The molecule has 3 nitrogen and oxygen atoms in total. The quantitative estimate of drug-likeness (QED) is 0.737. The number of likely N-dealkylation sites (tertiary alicyclic amines) is 1. The maximum Gasteiger partial charge on any atom is 0.141 e. The maximum atomic E-state index is 12.1. The van der Waals surface area contributed by atoms with Crippen LogP contribution in [0.15, 0.2) is 0 Å². The summed E-state index contributed by atoms with van der Waals surface area (Å²) in [5.41, 5.74) is -0.296. The normalized spacial score (nSPS) is 30.2. The topological polar surface area (TPSA) is 44.1 Å². The van der Waals surface area contributed by atoms with Crippen LogP contribution in [0.5, 0.6) is 0 Å². The summed E-state index contributed by atoms with van der Waals surface area (Å²) in [6, 6.07) is 2.52. The number of ketones is 1. The summed E-state index contributed by atoms with van der Waals surface area (Å²) in [4.78, 5) is 14.5. The molecule has 3 heteroatoms. The second-order valence-electron chi connectivity index (χ2n) is 5.52. The van der Waals surface area contributed by atoms with Gasteiger partial charge in [0.15, 0.2) is 0 Å². The Balaban J connectivity index is 2.65. The molecular weight excluding hydrogens is 212 g/mol. The molecule has 2 unspecified atom stereocenters. The van der Waals surface area contributed by atoms with Crippen LogP contribution in [0.2, 0.25) is 0 Å². The van der Waals surface area contributed by atoms with Crippen LogP contribution in [-0.2, 0) is 4.79 Å². The van der Waals surface area contributed by atoms with Gasteiger partial charge in [0.05, 0.1) is 6.07 Å². The first-order valence-electron chi connectivity index (χ1n) is 6.68. The number of rotatable bonds is 5. The lowest BCUT2D eigenvalue weighted by Crippen LogP contribution is -2.52. The Bertz CT molecular complexity index is 308. The van der Waals surface area contributed by atoms with Crippen LogP contribution in [0, 0.1) is 16.7 Å². The molecule has 0 radical (unpaired) electrons.